The van der Waals surface area contributed by atoms with Gasteiger partial charge in [-0.3, -0.25) is 0 Å². The van der Waals surface area contributed by atoms with Crippen LogP contribution in [0.15, 0.2) is 65.4 Å². The monoisotopic (exact) mass is 357 g/mol. The smallest absolute Gasteiger partial charge is 0.228 e. The average Bonchev–Trinajstić information content (AvgIpc) is 3.06. The number of hydrogen-bond donors (Lipinski definition) is 0. The molecular formula is C20H28N3OP. The van der Waals surface area contributed by atoms with Gasteiger partial charge in [0, 0.05) is 26.2 Å². The molecule has 0 radical (unpaired) electrons. The molecule has 3 rings (SSSR count). The summed E-state index contributed by atoms with van der Waals surface area (Å²) < 4.78 is 16.5. The van der Waals surface area contributed by atoms with Crippen LogP contribution in [0.3, 0.4) is 0 Å². The fourth-order valence-corrected chi connectivity index (χ4v) is 6.50. The van der Waals surface area contributed by atoms with Crippen molar-refractivity contribution >= 4 is 7.58 Å². The largest absolute Gasteiger partial charge is 0.320 e. The lowest BCUT2D eigenvalue weighted by Crippen LogP contribution is -2.28. The standard InChI is InChI=1S/C20H28N3OP/c1-3-22(4-2)25(21-17-19-11-7-5-8-12-19)23(15-16-24-25)18-20-13-9-6-10-14-20/h5-14H,3-4,15-18H2,1-2H3. The predicted molar refractivity (Wildman–Crippen MR) is 105 cm³/mol. The topological polar surface area (TPSA) is 28.1 Å². The van der Waals surface area contributed by atoms with Gasteiger partial charge < -0.3 is 4.52 Å². The van der Waals surface area contributed by atoms with Crippen LogP contribution >= 0.6 is 7.58 Å². The molecule has 0 bridgehead atoms. The number of hydrogen-bond acceptors (Lipinski definition) is 2. The van der Waals surface area contributed by atoms with Crippen molar-refractivity contribution in [3.05, 3.63) is 71.8 Å². The molecule has 4 nitrogen and oxygen atoms in total. The zero-order chi connectivity index (χ0) is 17.5. The Morgan fingerprint density at radius 3 is 2.16 bits per heavy atom. The molecule has 5 heteroatoms. The van der Waals surface area contributed by atoms with Crippen molar-refractivity contribution in [3.63, 3.8) is 0 Å². The lowest BCUT2D eigenvalue weighted by Gasteiger charge is -2.36. The van der Waals surface area contributed by atoms with E-state index in [-0.39, 0.29) is 0 Å². The van der Waals surface area contributed by atoms with E-state index in [1.165, 1.54) is 11.1 Å². The van der Waals surface area contributed by atoms with E-state index in [2.05, 4.69) is 77.8 Å². The molecule has 0 N–H and O–H groups in total. The van der Waals surface area contributed by atoms with Gasteiger partial charge in [0.1, 0.15) is 0 Å². The first kappa shape index (κ1) is 18.3. The third kappa shape index (κ3) is 4.21. The predicted octanol–water partition coefficient (Wildman–Crippen LogP) is 5.01. The molecule has 0 amide bonds. The molecule has 1 aliphatic heterocycles. The van der Waals surface area contributed by atoms with Gasteiger partial charge >= 0.3 is 0 Å². The van der Waals surface area contributed by atoms with E-state index < -0.39 is 7.58 Å². The molecule has 0 aliphatic carbocycles. The first-order valence-electron chi connectivity index (χ1n) is 9.10. The van der Waals surface area contributed by atoms with Crippen LogP contribution in [0.4, 0.5) is 0 Å². The second kappa shape index (κ2) is 8.77. The zero-order valence-corrected chi connectivity index (χ0v) is 16.1. The second-order valence-electron chi connectivity index (χ2n) is 6.14. The first-order valence-corrected chi connectivity index (χ1v) is 10.7. The third-order valence-electron chi connectivity index (χ3n) is 4.57. The van der Waals surface area contributed by atoms with Crippen LogP contribution < -0.4 is 0 Å². The average molecular weight is 357 g/mol. The third-order valence-corrected chi connectivity index (χ3v) is 7.99. The van der Waals surface area contributed by atoms with Crippen molar-refractivity contribution in [2.24, 2.45) is 4.74 Å². The van der Waals surface area contributed by atoms with Crippen molar-refractivity contribution in [1.29, 1.82) is 0 Å². The summed E-state index contributed by atoms with van der Waals surface area (Å²) in [4.78, 5) is 0. The summed E-state index contributed by atoms with van der Waals surface area (Å²) in [6.45, 7) is 9.60. The van der Waals surface area contributed by atoms with Crippen LogP contribution in [0.1, 0.15) is 25.0 Å². The Morgan fingerprint density at radius 2 is 1.56 bits per heavy atom. The van der Waals surface area contributed by atoms with Gasteiger partial charge in [-0.2, -0.15) is 0 Å². The maximum atomic E-state index is 6.39. The van der Waals surface area contributed by atoms with Crippen LogP contribution in [0, 0.1) is 0 Å². The summed E-state index contributed by atoms with van der Waals surface area (Å²) >= 11 is 0. The van der Waals surface area contributed by atoms with Gasteiger partial charge in [0.2, 0.25) is 7.58 Å². The van der Waals surface area contributed by atoms with Gasteiger partial charge in [0.25, 0.3) is 0 Å². The summed E-state index contributed by atoms with van der Waals surface area (Å²) in [5.74, 6) is 0. The van der Waals surface area contributed by atoms with Crippen molar-refractivity contribution in [1.82, 2.24) is 9.34 Å². The Kier molecular flexibility index (Phi) is 6.44. The molecule has 25 heavy (non-hydrogen) atoms. The summed E-state index contributed by atoms with van der Waals surface area (Å²) in [6, 6.07) is 21.1. The van der Waals surface area contributed by atoms with E-state index in [0.29, 0.717) is 6.54 Å². The zero-order valence-electron chi connectivity index (χ0n) is 15.2. The molecule has 1 heterocycles. The van der Waals surface area contributed by atoms with Crippen molar-refractivity contribution in [3.8, 4) is 0 Å². The highest BCUT2D eigenvalue weighted by molar-refractivity contribution is 7.56. The molecule has 2 aromatic carbocycles. The molecular weight excluding hydrogens is 329 g/mol. The van der Waals surface area contributed by atoms with Crippen LogP contribution in [0.5, 0.6) is 0 Å². The van der Waals surface area contributed by atoms with Gasteiger partial charge in [0.05, 0.1) is 13.2 Å². The van der Waals surface area contributed by atoms with Crippen molar-refractivity contribution in [2.75, 3.05) is 26.2 Å². The SMILES string of the molecule is CCN(CC)P1(=NCc2ccccc2)OCCN1Cc1ccccc1. The van der Waals surface area contributed by atoms with Gasteiger partial charge in [-0.15, -0.1) is 0 Å². The Bertz CT molecular complexity index is 701. The van der Waals surface area contributed by atoms with E-state index in [1.54, 1.807) is 0 Å². The fraction of sp³-hybridized carbons (Fsp3) is 0.400. The van der Waals surface area contributed by atoms with Crippen LogP contribution in [0.2, 0.25) is 0 Å². The lowest BCUT2D eigenvalue weighted by atomic mass is 10.2. The van der Waals surface area contributed by atoms with Crippen LogP contribution in [0.25, 0.3) is 0 Å². The molecule has 0 spiro atoms. The molecule has 1 aliphatic rings. The van der Waals surface area contributed by atoms with E-state index in [4.69, 9.17) is 9.27 Å². The molecule has 1 fully saturated rings. The molecule has 0 saturated carbocycles. The van der Waals surface area contributed by atoms with E-state index >= 15 is 0 Å². The quantitative estimate of drug-likeness (QED) is 0.652. The Morgan fingerprint density at radius 1 is 0.960 bits per heavy atom. The van der Waals surface area contributed by atoms with E-state index in [9.17, 15) is 0 Å². The summed E-state index contributed by atoms with van der Waals surface area (Å²) in [5, 5.41) is 0. The van der Waals surface area contributed by atoms with Gasteiger partial charge in [-0.05, 0) is 11.1 Å². The highest BCUT2D eigenvalue weighted by atomic mass is 31.2. The maximum absolute atomic E-state index is 6.39. The van der Waals surface area contributed by atoms with Crippen molar-refractivity contribution < 1.29 is 4.52 Å². The Labute approximate surface area is 151 Å². The fourth-order valence-electron chi connectivity index (χ4n) is 3.28. The maximum Gasteiger partial charge on any atom is 0.228 e. The van der Waals surface area contributed by atoms with Crippen LogP contribution in [-0.2, 0) is 17.6 Å². The number of rotatable bonds is 7. The highest BCUT2D eigenvalue weighted by Gasteiger charge is 2.39. The first-order chi connectivity index (χ1) is 12.3. The highest BCUT2D eigenvalue weighted by Crippen LogP contribution is 2.61. The normalized spacial score (nSPS) is 20.9. The summed E-state index contributed by atoms with van der Waals surface area (Å²) in [5.41, 5.74) is 2.56. The van der Waals surface area contributed by atoms with Gasteiger partial charge in [-0.25, -0.2) is 14.1 Å². The number of nitrogens with zero attached hydrogens (tertiary/aromatic N) is 3. The summed E-state index contributed by atoms with van der Waals surface area (Å²) in [6.07, 6.45) is 0. The second-order valence-corrected chi connectivity index (χ2v) is 8.84. The van der Waals surface area contributed by atoms with Crippen molar-refractivity contribution in [2.45, 2.75) is 26.9 Å². The van der Waals surface area contributed by atoms with Gasteiger partial charge in [0.15, 0.2) is 0 Å². The molecule has 134 valence electrons. The molecule has 1 unspecified atom stereocenters. The molecule has 0 aromatic heterocycles. The lowest BCUT2D eigenvalue weighted by molar-refractivity contribution is 0.339. The Hall–Kier alpha value is -1.45. The number of benzene rings is 2. The van der Waals surface area contributed by atoms with E-state index in [0.717, 1.165) is 32.8 Å². The minimum Gasteiger partial charge on any atom is -0.320 e. The minimum absolute atomic E-state index is 0.705. The molecule has 1 atom stereocenters. The summed E-state index contributed by atoms with van der Waals surface area (Å²) in [7, 11) is -2.11. The van der Waals surface area contributed by atoms with E-state index in [1.807, 2.05) is 6.07 Å². The Balaban J connectivity index is 1.92. The molecule has 1 saturated heterocycles. The molecule has 2 aromatic rings. The van der Waals surface area contributed by atoms with Crippen LogP contribution in [-0.4, -0.2) is 35.6 Å². The van der Waals surface area contributed by atoms with Gasteiger partial charge in [-0.1, -0.05) is 74.5 Å². The minimum atomic E-state index is -2.11.